The molecule has 0 saturated carbocycles. The second-order valence-corrected chi connectivity index (χ2v) is 5.41. The van der Waals surface area contributed by atoms with Crippen molar-refractivity contribution in [3.05, 3.63) is 35.7 Å². The van der Waals surface area contributed by atoms with Crippen molar-refractivity contribution in [3.63, 3.8) is 0 Å². The Labute approximate surface area is 112 Å². The van der Waals surface area contributed by atoms with Gasteiger partial charge in [-0.15, -0.1) is 0 Å². The monoisotopic (exact) mass is 246 g/mol. The molecule has 0 saturated heterocycles. The average molecular weight is 246 g/mol. The predicted molar refractivity (Wildman–Crippen MR) is 80.5 cm³/mol. The fourth-order valence-corrected chi connectivity index (χ4v) is 2.23. The van der Waals surface area contributed by atoms with Gasteiger partial charge in [-0.05, 0) is 38.7 Å². The van der Waals surface area contributed by atoms with Crippen LogP contribution < -0.4 is 0 Å². The number of hydrogen-bond donors (Lipinski definition) is 0. The highest BCUT2D eigenvalue weighted by molar-refractivity contribution is 6.06. The number of rotatable bonds is 4. The molecule has 1 aliphatic rings. The standard InChI is InChI=1S/C16H26N2/c1-8-13(7)18-10-14(11(3)4)15(12(5)6)16(18)17-9-2/h9-11,13H,2,8H2,1,3-7H3. The highest BCUT2D eigenvalue weighted by Crippen LogP contribution is 2.33. The second-order valence-electron chi connectivity index (χ2n) is 5.41. The van der Waals surface area contributed by atoms with Crippen molar-refractivity contribution < 1.29 is 0 Å². The summed E-state index contributed by atoms with van der Waals surface area (Å²) >= 11 is 0. The zero-order valence-corrected chi connectivity index (χ0v) is 12.6. The summed E-state index contributed by atoms with van der Waals surface area (Å²) in [5.74, 6) is 1.57. The van der Waals surface area contributed by atoms with E-state index in [0.717, 1.165) is 12.3 Å². The lowest BCUT2D eigenvalue weighted by molar-refractivity contribution is 0.422. The topological polar surface area (TPSA) is 15.6 Å². The van der Waals surface area contributed by atoms with Gasteiger partial charge >= 0.3 is 0 Å². The first-order valence-corrected chi connectivity index (χ1v) is 6.80. The minimum Gasteiger partial charge on any atom is -0.329 e. The molecule has 18 heavy (non-hydrogen) atoms. The normalized spacial score (nSPS) is 19.5. The van der Waals surface area contributed by atoms with Gasteiger partial charge in [0.1, 0.15) is 5.84 Å². The Morgan fingerprint density at radius 3 is 2.39 bits per heavy atom. The zero-order chi connectivity index (χ0) is 13.9. The van der Waals surface area contributed by atoms with Gasteiger partial charge in [-0.1, -0.05) is 32.9 Å². The first-order chi connectivity index (χ1) is 8.43. The molecule has 0 aliphatic carbocycles. The van der Waals surface area contributed by atoms with E-state index >= 15 is 0 Å². The third kappa shape index (κ3) is 2.74. The maximum absolute atomic E-state index is 4.51. The molecule has 1 aliphatic heterocycles. The van der Waals surface area contributed by atoms with Crippen molar-refractivity contribution >= 4 is 5.84 Å². The van der Waals surface area contributed by atoms with Crippen LogP contribution in [0.15, 0.2) is 40.7 Å². The van der Waals surface area contributed by atoms with Gasteiger partial charge in [-0.25, -0.2) is 4.99 Å². The summed E-state index contributed by atoms with van der Waals surface area (Å²) in [6.45, 7) is 17.0. The molecule has 1 atom stereocenters. The van der Waals surface area contributed by atoms with Gasteiger partial charge in [0.2, 0.25) is 0 Å². The first-order valence-electron chi connectivity index (χ1n) is 6.80. The van der Waals surface area contributed by atoms with E-state index in [4.69, 9.17) is 0 Å². The predicted octanol–water partition coefficient (Wildman–Crippen LogP) is 4.52. The van der Waals surface area contributed by atoms with E-state index in [-0.39, 0.29) is 0 Å². The van der Waals surface area contributed by atoms with Crippen molar-refractivity contribution in [2.24, 2.45) is 10.9 Å². The number of aliphatic imine (C=N–C) groups is 1. The van der Waals surface area contributed by atoms with Crippen molar-refractivity contribution in [3.8, 4) is 0 Å². The van der Waals surface area contributed by atoms with Crippen LogP contribution in [-0.2, 0) is 0 Å². The lowest BCUT2D eigenvalue weighted by Crippen LogP contribution is -2.31. The summed E-state index contributed by atoms with van der Waals surface area (Å²) in [5, 5.41) is 0. The molecule has 2 nitrogen and oxygen atoms in total. The molecule has 0 aromatic rings. The van der Waals surface area contributed by atoms with Crippen molar-refractivity contribution in [2.45, 2.75) is 54.0 Å². The zero-order valence-electron chi connectivity index (χ0n) is 12.6. The van der Waals surface area contributed by atoms with E-state index in [9.17, 15) is 0 Å². The van der Waals surface area contributed by atoms with Crippen LogP contribution in [0.4, 0.5) is 0 Å². The minimum atomic E-state index is 0.467. The highest BCUT2D eigenvalue weighted by Gasteiger charge is 2.30. The Bertz CT molecular complexity index is 407. The number of nitrogens with zero attached hydrogens (tertiary/aromatic N) is 2. The molecule has 0 aromatic carbocycles. The summed E-state index contributed by atoms with van der Waals surface area (Å²) in [4.78, 5) is 6.80. The molecule has 100 valence electrons. The second kappa shape index (κ2) is 6.03. The third-order valence-corrected chi connectivity index (χ3v) is 3.44. The maximum Gasteiger partial charge on any atom is 0.140 e. The lowest BCUT2D eigenvalue weighted by Gasteiger charge is -2.24. The molecule has 0 bridgehead atoms. The van der Waals surface area contributed by atoms with Gasteiger partial charge in [-0.3, -0.25) is 0 Å². The Morgan fingerprint density at radius 2 is 2.00 bits per heavy atom. The quantitative estimate of drug-likeness (QED) is 0.712. The molecule has 0 aromatic heterocycles. The van der Waals surface area contributed by atoms with Crippen LogP contribution in [-0.4, -0.2) is 16.8 Å². The van der Waals surface area contributed by atoms with E-state index in [1.807, 2.05) is 0 Å². The van der Waals surface area contributed by atoms with E-state index in [0.29, 0.717) is 12.0 Å². The average Bonchev–Trinajstić information content (AvgIpc) is 2.68. The molecule has 2 heteroatoms. The van der Waals surface area contributed by atoms with Crippen LogP contribution in [0.1, 0.15) is 48.0 Å². The maximum atomic E-state index is 4.51. The summed E-state index contributed by atoms with van der Waals surface area (Å²) in [7, 11) is 0. The van der Waals surface area contributed by atoms with Gasteiger partial charge in [0.15, 0.2) is 0 Å². The third-order valence-electron chi connectivity index (χ3n) is 3.44. The summed E-state index contributed by atoms with van der Waals surface area (Å²) < 4.78 is 0. The number of allylic oxidation sites excluding steroid dienone is 1. The minimum absolute atomic E-state index is 0.467. The molecule has 0 radical (unpaired) electrons. The number of amidine groups is 1. The smallest absolute Gasteiger partial charge is 0.140 e. The van der Waals surface area contributed by atoms with Crippen LogP contribution in [0.5, 0.6) is 0 Å². The highest BCUT2D eigenvalue weighted by atomic mass is 15.2. The Kier molecular flexibility index (Phi) is 4.94. The van der Waals surface area contributed by atoms with E-state index < -0.39 is 0 Å². The van der Waals surface area contributed by atoms with E-state index in [2.05, 4.69) is 64.2 Å². The van der Waals surface area contributed by atoms with Crippen molar-refractivity contribution in [1.82, 2.24) is 4.90 Å². The van der Waals surface area contributed by atoms with Crippen LogP contribution in [0.2, 0.25) is 0 Å². The largest absolute Gasteiger partial charge is 0.329 e. The molecular formula is C16H26N2. The van der Waals surface area contributed by atoms with Crippen molar-refractivity contribution in [2.75, 3.05) is 0 Å². The van der Waals surface area contributed by atoms with Gasteiger partial charge in [0.25, 0.3) is 0 Å². The van der Waals surface area contributed by atoms with Crippen LogP contribution in [0, 0.1) is 5.92 Å². The summed E-state index contributed by atoms with van der Waals surface area (Å²) in [6.07, 6.45) is 5.02. The summed E-state index contributed by atoms with van der Waals surface area (Å²) in [5.41, 5.74) is 4.00. The fourth-order valence-electron chi connectivity index (χ4n) is 2.23. The molecular weight excluding hydrogens is 220 g/mol. The van der Waals surface area contributed by atoms with Gasteiger partial charge in [0, 0.05) is 24.0 Å². The number of hydrogen-bond acceptors (Lipinski definition) is 1. The van der Waals surface area contributed by atoms with Crippen molar-refractivity contribution in [1.29, 1.82) is 0 Å². The summed E-state index contributed by atoms with van der Waals surface area (Å²) in [6, 6.07) is 0.467. The molecule has 1 heterocycles. The molecule has 0 fully saturated rings. The van der Waals surface area contributed by atoms with Crippen LogP contribution in [0.3, 0.4) is 0 Å². The van der Waals surface area contributed by atoms with E-state index in [1.165, 1.54) is 16.7 Å². The molecule has 1 unspecified atom stereocenters. The lowest BCUT2D eigenvalue weighted by atomic mass is 9.94. The van der Waals surface area contributed by atoms with E-state index in [1.54, 1.807) is 6.20 Å². The van der Waals surface area contributed by atoms with Crippen LogP contribution >= 0.6 is 0 Å². The molecule has 1 rings (SSSR count). The van der Waals surface area contributed by atoms with Gasteiger partial charge < -0.3 is 4.90 Å². The molecule has 0 N–H and O–H groups in total. The fraction of sp³-hybridized carbons (Fsp3) is 0.562. The van der Waals surface area contributed by atoms with Crippen LogP contribution in [0.25, 0.3) is 0 Å². The Hall–Kier alpha value is -1.31. The van der Waals surface area contributed by atoms with Gasteiger partial charge in [-0.2, -0.15) is 0 Å². The SMILES string of the molecule is C=CN=C1C(=C(C)C)C(C(C)C)=CN1C(C)CC. The molecule has 0 spiro atoms. The Balaban J connectivity index is 3.34. The van der Waals surface area contributed by atoms with Gasteiger partial charge in [0.05, 0.1) is 0 Å². The first kappa shape index (κ1) is 14.7. The Morgan fingerprint density at radius 1 is 1.39 bits per heavy atom. The molecule has 0 amide bonds.